The first kappa shape index (κ1) is 13.0. The van der Waals surface area contributed by atoms with Crippen molar-refractivity contribution in [3.63, 3.8) is 0 Å². The maximum Gasteiger partial charge on any atom is 0.242 e. The number of hydrogen-bond acceptors (Lipinski definition) is 5. The van der Waals surface area contributed by atoms with Crippen molar-refractivity contribution in [3.05, 3.63) is 36.7 Å². The second-order valence-electron chi connectivity index (χ2n) is 4.19. The van der Waals surface area contributed by atoms with Gasteiger partial charge in [0.2, 0.25) is 11.9 Å². The predicted molar refractivity (Wildman–Crippen MR) is 70.4 cm³/mol. The van der Waals surface area contributed by atoms with Crippen molar-refractivity contribution in [1.29, 1.82) is 0 Å². The van der Waals surface area contributed by atoms with E-state index in [1.54, 1.807) is 54.7 Å². The van der Waals surface area contributed by atoms with Gasteiger partial charge < -0.3 is 14.8 Å². The van der Waals surface area contributed by atoms with Gasteiger partial charge in [0.05, 0.1) is 13.1 Å². The third kappa shape index (κ3) is 3.51. The molecule has 100 valence electrons. The van der Waals surface area contributed by atoms with Crippen LogP contribution in [0.1, 0.15) is 5.82 Å². The van der Waals surface area contributed by atoms with Crippen LogP contribution in [0, 0.1) is 0 Å². The number of aromatic amines is 1. The minimum atomic E-state index is -0.0219. The Labute approximate surface area is 111 Å². The summed E-state index contributed by atoms with van der Waals surface area (Å²) in [5.41, 5.74) is 0. The Balaban J connectivity index is 1.90. The molecule has 0 aromatic carbocycles. The lowest BCUT2D eigenvalue weighted by molar-refractivity contribution is -0.129. The summed E-state index contributed by atoms with van der Waals surface area (Å²) in [5.74, 6) is 1.27. The first-order valence-corrected chi connectivity index (χ1v) is 5.87. The van der Waals surface area contributed by atoms with Crippen molar-refractivity contribution in [2.24, 2.45) is 0 Å². The lowest BCUT2D eigenvalue weighted by Gasteiger charge is -2.21. The van der Waals surface area contributed by atoms with Crippen LogP contribution in [0.2, 0.25) is 0 Å². The summed E-state index contributed by atoms with van der Waals surface area (Å²) in [4.78, 5) is 30.6. The van der Waals surface area contributed by atoms with Crippen molar-refractivity contribution < 1.29 is 4.79 Å². The third-order valence-corrected chi connectivity index (χ3v) is 2.63. The summed E-state index contributed by atoms with van der Waals surface area (Å²) in [6.45, 7) is 0.677. The number of carbonyl (C=O) groups excluding carboxylic acids is 1. The van der Waals surface area contributed by atoms with Crippen molar-refractivity contribution in [2.45, 2.75) is 6.54 Å². The van der Waals surface area contributed by atoms with Crippen molar-refractivity contribution in [3.8, 4) is 0 Å². The number of hydrogen-bond donors (Lipinski definition) is 1. The molecule has 1 N–H and O–H groups in total. The van der Waals surface area contributed by atoms with Crippen molar-refractivity contribution >= 4 is 11.9 Å². The van der Waals surface area contributed by atoms with E-state index in [0.29, 0.717) is 12.5 Å². The van der Waals surface area contributed by atoms with Crippen LogP contribution >= 0.6 is 0 Å². The van der Waals surface area contributed by atoms with Gasteiger partial charge in [-0.05, 0) is 6.07 Å². The smallest absolute Gasteiger partial charge is 0.242 e. The van der Waals surface area contributed by atoms with Gasteiger partial charge >= 0.3 is 0 Å². The maximum absolute atomic E-state index is 12.0. The van der Waals surface area contributed by atoms with Gasteiger partial charge in [-0.3, -0.25) is 4.79 Å². The number of likely N-dealkylation sites (N-methyl/N-ethyl adjacent to an activating group) is 2. The number of amides is 1. The first-order chi connectivity index (χ1) is 9.16. The molecular weight excluding hydrogens is 244 g/mol. The number of nitrogens with zero attached hydrogens (tertiary/aromatic N) is 5. The Kier molecular flexibility index (Phi) is 4.07. The van der Waals surface area contributed by atoms with E-state index in [4.69, 9.17) is 0 Å². The van der Waals surface area contributed by atoms with Gasteiger partial charge in [0, 0.05) is 38.9 Å². The molecule has 0 bridgehead atoms. The van der Waals surface area contributed by atoms with Crippen LogP contribution in [0.4, 0.5) is 5.95 Å². The third-order valence-electron chi connectivity index (χ3n) is 2.63. The zero-order valence-electron chi connectivity index (χ0n) is 10.9. The minimum absolute atomic E-state index is 0.0219. The second-order valence-corrected chi connectivity index (χ2v) is 4.19. The number of carbonyl (C=O) groups is 1. The minimum Gasteiger partial charge on any atom is -0.347 e. The van der Waals surface area contributed by atoms with Crippen LogP contribution in [-0.2, 0) is 11.3 Å². The molecule has 0 unspecified atom stereocenters. The molecule has 0 atom stereocenters. The normalized spacial score (nSPS) is 10.2. The SMILES string of the molecule is CN(Cc1ncc[nH]1)C(=O)CN(C)c1ncccn1. The monoisotopic (exact) mass is 260 g/mol. The number of rotatable bonds is 5. The fraction of sp³-hybridized carbons (Fsp3) is 0.333. The molecule has 19 heavy (non-hydrogen) atoms. The molecule has 2 rings (SSSR count). The fourth-order valence-corrected chi connectivity index (χ4v) is 1.58. The number of aromatic nitrogens is 4. The fourth-order valence-electron chi connectivity index (χ4n) is 1.58. The van der Waals surface area contributed by atoms with Crippen molar-refractivity contribution in [1.82, 2.24) is 24.8 Å². The molecule has 0 saturated carbocycles. The van der Waals surface area contributed by atoms with Crippen LogP contribution in [0.5, 0.6) is 0 Å². The van der Waals surface area contributed by atoms with Crippen molar-refractivity contribution in [2.75, 3.05) is 25.5 Å². The predicted octanol–water partition coefficient (Wildman–Crippen LogP) is 0.294. The van der Waals surface area contributed by atoms with E-state index in [1.165, 1.54) is 0 Å². The standard InChI is InChI=1S/C12H16N6O/c1-17(8-10-13-6-7-14-10)11(19)9-18(2)12-15-4-3-5-16-12/h3-7H,8-9H2,1-2H3,(H,13,14). The highest BCUT2D eigenvalue weighted by atomic mass is 16.2. The van der Waals surface area contributed by atoms with E-state index in [1.807, 2.05) is 0 Å². The lowest BCUT2D eigenvalue weighted by atomic mass is 10.4. The summed E-state index contributed by atoms with van der Waals surface area (Å²) in [5, 5.41) is 0. The summed E-state index contributed by atoms with van der Waals surface area (Å²) in [7, 11) is 3.53. The Morgan fingerprint density at radius 3 is 2.58 bits per heavy atom. The topological polar surface area (TPSA) is 78.0 Å². The van der Waals surface area contributed by atoms with E-state index in [9.17, 15) is 4.79 Å². The molecule has 0 saturated heterocycles. The Morgan fingerprint density at radius 1 is 1.21 bits per heavy atom. The van der Waals surface area contributed by atoms with Gasteiger partial charge in [-0.1, -0.05) is 0 Å². The molecule has 0 radical (unpaired) electrons. The van der Waals surface area contributed by atoms with Gasteiger partial charge in [-0.15, -0.1) is 0 Å². The molecule has 0 aliphatic carbocycles. The molecule has 2 aromatic rings. The van der Waals surface area contributed by atoms with E-state index < -0.39 is 0 Å². The molecule has 0 aliphatic rings. The highest BCUT2D eigenvalue weighted by Crippen LogP contribution is 2.03. The lowest BCUT2D eigenvalue weighted by Crippen LogP contribution is -2.37. The van der Waals surface area contributed by atoms with Gasteiger partial charge in [-0.2, -0.15) is 0 Å². The Bertz CT molecular complexity index is 512. The zero-order valence-corrected chi connectivity index (χ0v) is 10.9. The molecule has 7 heteroatoms. The molecule has 2 aromatic heterocycles. The van der Waals surface area contributed by atoms with E-state index >= 15 is 0 Å². The summed E-state index contributed by atoms with van der Waals surface area (Å²) in [6, 6.07) is 1.74. The largest absolute Gasteiger partial charge is 0.347 e. The average molecular weight is 260 g/mol. The number of nitrogens with one attached hydrogen (secondary N) is 1. The van der Waals surface area contributed by atoms with E-state index in [0.717, 1.165) is 5.82 Å². The van der Waals surface area contributed by atoms with Gasteiger partial charge in [0.1, 0.15) is 5.82 Å². The number of imidazole rings is 1. The van der Waals surface area contributed by atoms with Crippen LogP contribution in [0.15, 0.2) is 30.9 Å². The highest BCUT2D eigenvalue weighted by molar-refractivity contribution is 5.80. The Morgan fingerprint density at radius 2 is 1.95 bits per heavy atom. The van der Waals surface area contributed by atoms with Crippen LogP contribution in [0.3, 0.4) is 0 Å². The summed E-state index contributed by atoms with van der Waals surface area (Å²) in [6.07, 6.45) is 6.70. The second kappa shape index (κ2) is 5.94. The quantitative estimate of drug-likeness (QED) is 0.836. The number of anilines is 1. The molecule has 2 heterocycles. The van der Waals surface area contributed by atoms with Crippen LogP contribution in [0.25, 0.3) is 0 Å². The highest BCUT2D eigenvalue weighted by Gasteiger charge is 2.14. The molecule has 7 nitrogen and oxygen atoms in total. The Hall–Kier alpha value is -2.44. The molecule has 0 fully saturated rings. The molecule has 0 spiro atoms. The molecule has 1 amide bonds. The van der Waals surface area contributed by atoms with Gasteiger partial charge in [-0.25, -0.2) is 15.0 Å². The first-order valence-electron chi connectivity index (χ1n) is 5.87. The van der Waals surface area contributed by atoms with E-state index in [2.05, 4.69) is 19.9 Å². The van der Waals surface area contributed by atoms with Gasteiger partial charge in [0.25, 0.3) is 0 Å². The van der Waals surface area contributed by atoms with E-state index in [-0.39, 0.29) is 12.5 Å². The molecule has 0 aliphatic heterocycles. The van der Waals surface area contributed by atoms with Crippen LogP contribution in [-0.4, -0.2) is 51.4 Å². The summed E-state index contributed by atoms with van der Waals surface area (Å²) >= 11 is 0. The van der Waals surface area contributed by atoms with Gasteiger partial charge in [0.15, 0.2) is 0 Å². The number of H-pyrrole nitrogens is 1. The average Bonchev–Trinajstić information content (AvgIpc) is 2.92. The molecular formula is C12H16N6O. The maximum atomic E-state index is 12.0. The van der Waals surface area contributed by atoms with Crippen LogP contribution < -0.4 is 4.90 Å². The summed E-state index contributed by atoms with van der Waals surface area (Å²) < 4.78 is 0. The zero-order chi connectivity index (χ0) is 13.7.